The Morgan fingerprint density at radius 1 is 1.22 bits per heavy atom. The molecule has 0 aromatic carbocycles. The number of tetrazole rings is 1. The Balaban J connectivity index is 1.64. The van der Waals surface area contributed by atoms with Gasteiger partial charge in [0.05, 0.1) is 13.0 Å². The van der Waals surface area contributed by atoms with Crippen molar-refractivity contribution in [3.63, 3.8) is 0 Å². The molecule has 2 aromatic rings. The molecule has 2 N–H and O–H groups in total. The highest BCUT2D eigenvalue weighted by Gasteiger charge is 2.29. The van der Waals surface area contributed by atoms with Crippen LogP contribution in [-0.4, -0.2) is 66.0 Å². The molecule has 0 spiro atoms. The Bertz CT molecular complexity index is 1200. The fourth-order valence-corrected chi connectivity index (χ4v) is 5.56. The molecule has 0 radical (unpaired) electrons. The molecule has 0 saturated carbocycles. The van der Waals surface area contributed by atoms with E-state index in [-0.39, 0.29) is 36.5 Å². The zero-order valence-electron chi connectivity index (χ0n) is 23.8. The fourth-order valence-electron chi connectivity index (χ4n) is 4.08. The predicted molar refractivity (Wildman–Crippen MR) is 157 cm³/mol. The number of fused-ring (bicyclic) bond motifs is 4. The van der Waals surface area contributed by atoms with Crippen LogP contribution in [0.15, 0.2) is 17.5 Å². The number of thiazole rings is 1. The van der Waals surface area contributed by atoms with Gasteiger partial charge in [-0.25, -0.2) is 14.5 Å². The first kappa shape index (κ1) is 32.4. The van der Waals surface area contributed by atoms with E-state index in [0.717, 1.165) is 19.3 Å². The Morgan fingerprint density at radius 2 is 2.02 bits per heavy atom. The lowest BCUT2D eigenvalue weighted by Crippen LogP contribution is -2.47. The molecule has 0 fully saturated rings. The minimum Gasteiger partial charge on any atom is -0.456 e. The van der Waals surface area contributed by atoms with Crippen LogP contribution >= 0.6 is 23.1 Å². The third kappa shape index (κ3) is 11.0. The highest BCUT2D eigenvalue weighted by molar-refractivity contribution is 8.13. The van der Waals surface area contributed by atoms with E-state index >= 15 is 0 Å². The SMILES string of the molecule is CCCCCCCC(=O)SCC/C=C/[C@@H]1CC(=O)NCc2nc(cs2)-c2nnnn2CC(=O)N[C@@H](C(C)C)C(=O)O1. The van der Waals surface area contributed by atoms with Crippen LogP contribution in [0.1, 0.15) is 77.1 Å². The second-order valence-corrected chi connectivity index (χ2v) is 12.2. The van der Waals surface area contributed by atoms with Crippen LogP contribution in [0, 0.1) is 5.92 Å². The van der Waals surface area contributed by atoms with Gasteiger partial charge in [0.25, 0.3) is 0 Å². The summed E-state index contributed by atoms with van der Waals surface area (Å²) in [5, 5.41) is 19.6. The monoisotopic (exact) mass is 605 g/mol. The molecule has 0 aliphatic carbocycles. The largest absolute Gasteiger partial charge is 0.456 e. The summed E-state index contributed by atoms with van der Waals surface area (Å²) >= 11 is 2.63. The molecular weight excluding hydrogens is 566 g/mol. The minimum absolute atomic E-state index is 0.0959. The highest BCUT2D eigenvalue weighted by Crippen LogP contribution is 2.20. The summed E-state index contributed by atoms with van der Waals surface area (Å²) in [5.74, 6) is -0.792. The van der Waals surface area contributed by atoms with Gasteiger partial charge in [0.2, 0.25) is 17.6 Å². The van der Waals surface area contributed by atoms with E-state index in [1.54, 1.807) is 25.3 Å². The van der Waals surface area contributed by atoms with E-state index in [1.165, 1.54) is 40.6 Å². The smallest absolute Gasteiger partial charge is 0.329 e. The van der Waals surface area contributed by atoms with Crippen LogP contribution in [0.25, 0.3) is 11.5 Å². The zero-order valence-corrected chi connectivity index (χ0v) is 25.5. The number of thioether (sulfide) groups is 1. The lowest BCUT2D eigenvalue weighted by atomic mass is 10.0. The van der Waals surface area contributed by atoms with E-state index < -0.39 is 24.0 Å². The van der Waals surface area contributed by atoms with Crippen LogP contribution in [0.3, 0.4) is 0 Å². The maximum absolute atomic E-state index is 13.1. The first-order chi connectivity index (χ1) is 19.8. The second kappa shape index (κ2) is 17.0. The first-order valence-corrected chi connectivity index (χ1v) is 15.9. The average molecular weight is 606 g/mol. The van der Waals surface area contributed by atoms with E-state index in [2.05, 4.69) is 38.1 Å². The van der Waals surface area contributed by atoms with Gasteiger partial charge in [-0.1, -0.05) is 64.3 Å². The molecule has 2 amide bonds. The summed E-state index contributed by atoms with van der Waals surface area (Å²) in [5.41, 5.74) is 0.484. The zero-order chi connectivity index (χ0) is 29.6. The Labute approximate surface area is 248 Å². The number of nitrogens with one attached hydrogen (secondary N) is 2. The third-order valence-corrected chi connectivity index (χ3v) is 8.13. The van der Waals surface area contributed by atoms with Gasteiger partial charge in [0.1, 0.15) is 29.4 Å². The molecule has 14 heteroatoms. The Hall–Kier alpha value is -3.13. The van der Waals surface area contributed by atoms with Crippen molar-refractivity contribution in [2.75, 3.05) is 5.75 Å². The number of aromatic nitrogens is 5. The molecule has 224 valence electrons. The van der Waals surface area contributed by atoms with E-state index in [0.29, 0.717) is 35.1 Å². The number of allylic oxidation sites excluding steroid dienone is 1. The lowest BCUT2D eigenvalue weighted by molar-refractivity contribution is -0.153. The van der Waals surface area contributed by atoms with Crippen molar-refractivity contribution in [3.05, 3.63) is 22.5 Å². The number of ether oxygens (including phenoxy) is 1. The molecule has 41 heavy (non-hydrogen) atoms. The number of carbonyl (C=O) groups excluding carboxylic acids is 4. The van der Waals surface area contributed by atoms with Crippen molar-refractivity contribution < 1.29 is 23.9 Å². The van der Waals surface area contributed by atoms with Gasteiger partial charge in [-0.3, -0.25) is 14.4 Å². The van der Waals surface area contributed by atoms with Gasteiger partial charge < -0.3 is 15.4 Å². The molecule has 2 atom stereocenters. The molecule has 1 aliphatic heterocycles. The Morgan fingerprint density at radius 3 is 2.80 bits per heavy atom. The quantitative estimate of drug-likeness (QED) is 0.221. The molecule has 1 aliphatic rings. The summed E-state index contributed by atoms with van der Waals surface area (Å²) < 4.78 is 7.01. The van der Waals surface area contributed by atoms with Gasteiger partial charge in [-0.05, 0) is 35.3 Å². The van der Waals surface area contributed by atoms with E-state index in [1.807, 2.05) is 6.08 Å². The number of esters is 1. The number of carbonyl (C=O) groups is 4. The second-order valence-electron chi connectivity index (χ2n) is 10.1. The number of amides is 2. The molecule has 12 nitrogen and oxygen atoms in total. The Kier molecular flexibility index (Phi) is 13.4. The number of rotatable bonds is 11. The number of hydrogen-bond donors (Lipinski definition) is 2. The first-order valence-electron chi connectivity index (χ1n) is 14.1. The molecule has 2 aromatic heterocycles. The molecular formula is C27H39N7O5S2. The maximum Gasteiger partial charge on any atom is 0.329 e. The van der Waals surface area contributed by atoms with E-state index in [4.69, 9.17) is 4.74 Å². The van der Waals surface area contributed by atoms with Crippen molar-refractivity contribution in [1.82, 2.24) is 35.8 Å². The van der Waals surface area contributed by atoms with E-state index in [9.17, 15) is 19.2 Å². The lowest BCUT2D eigenvalue weighted by Gasteiger charge is -2.23. The van der Waals surface area contributed by atoms with Crippen LogP contribution in [0.2, 0.25) is 0 Å². The summed E-state index contributed by atoms with van der Waals surface area (Å²) in [6.07, 6.45) is 9.26. The van der Waals surface area contributed by atoms with Crippen LogP contribution in [-0.2, 0) is 37.0 Å². The summed E-state index contributed by atoms with van der Waals surface area (Å²) in [4.78, 5) is 55.4. The van der Waals surface area contributed by atoms with Gasteiger partial charge in [-0.15, -0.1) is 16.4 Å². The van der Waals surface area contributed by atoms with Crippen molar-refractivity contribution in [3.8, 4) is 11.5 Å². The fraction of sp³-hybridized carbons (Fsp3) is 0.630. The molecule has 0 unspecified atom stereocenters. The van der Waals surface area contributed by atoms with Gasteiger partial charge >= 0.3 is 5.97 Å². The predicted octanol–water partition coefficient (Wildman–Crippen LogP) is 3.44. The summed E-state index contributed by atoms with van der Waals surface area (Å²) in [7, 11) is 0. The average Bonchev–Trinajstić information content (AvgIpc) is 3.58. The molecule has 0 saturated heterocycles. The molecule has 3 heterocycles. The van der Waals surface area contributed by atoms with Crippen molar-refractivity contribution in [1.29, 1.82) is 0 Å². The standard InChI is InChI=1S/C27H39N7O5S2/c1-4-5-6-7-8-12-24(37)40-13-10-9-11-19-14-21(35)28-15-23-29-20(17-41-23)26-31-32-33-34(26)16-22(36)30-25(18(2)3)27(38)39-19/h9,11,17-19,25H,4-8,10,12-16H2,1-3H3,(H,28,35)(H,30,36)/b11-9+/t19-,25+/m1/s1. The van der Waals surface area contributed by atoms with Crippen LogP contribution < -0.4 is 10.6 Å². The number of nitrogens with zero attached hydrogens (tertiary/aromatic N) is 5. The van der Waals surface area contributed by atoms with Crippen molar-refractivity contribution in [2.45, 2.75) is 97.4 Å². The minimum atomic E-state index is -0.939. The van der Waals surface area contributed by atoms with Gasteiger partial charge in [-0.2, -0.15) is 0 Å². The number of unbranched alkanes of at least 4 members (excludes halogenated alkanes) is 4. The van der Waals surface area contributed by atoms with Crippen molar-refractivity contribution in [2.24, 2.45) is 5.92 Å². The summed E-state index contributed by atoms with van der Waals surface area (Å²) in [6.45, 7) is 5.72. The highest BCUT2D eigenvalue weighted by atomic mass is 32.2. The van der Waals surface area contributed by atoms with Crippen molar-refractivity contribution >= 4 is 46.0 Å². The van der Waals surface area contributed by atoms with Gasteiger partial charge in [0, 0.05) is 17.6 Å². The third-order valence-electron chi connectivity index (χ3n) is 6.32. The summed E-state index contributed by atoms with van der Waals surface area (Å²) in [6, 6.07) is -0.939. The molecule has 2 bridgehead atoms. The number of cyclic esters (lactones) is 1. The van der Waals surface area contributed by atoms with Gasteiger partial charge in [0.15, 0.2) is 5.12 Å². The topological polar surface area (TPSA) is 158 Å². The van der Waals surface area contributed by atoms with Crippen LogP contribution in [0.5, 0.6) is 0 Å². The maximum atomic E-state index is 13.1. The number of hydrogen-bond acceptors (Lipinski definition) is 11. The van der Waals surface area contributed by atoms with Crippen LogP contribution in [0.4, 0.5) is 0 Å². The normalized spacial score (nSPS) is 18.7. The molecule has 3 rings (SSSR count).